The van der Waals surface area contributed by atoms with Gasteiger partial charge in [-0.05, 0) is 38.7 Å². The largest absolute Gasteiger partial charge is 0.368 e. The van der Waals surface area contributed by atoms with Crippen molar-refractivity contribution in [3.8, 4) is 0 Å². The van der Waals surface area contributed by atoms with Gasteiger partial charge in [-0.25, -0.2) is 0 Å². The molecule has 0 aromatic carbocycles. The zero-order valence-electron chi connectivity index (χ0n) is 11.9. The average molecular weight is 278 g/mol. The Labute approximate surface area is 118 Å². The fourth-order valence-electron chi connectivity index (χ4n) is 2.41. The zero-order valence-corrected chi connectivity index (χ0v) is 11.9. The maximum Gasteiger partial charge on any atom is 0.250 e. The minimum Gasteiger partial charge on any atom is -0.368 e. The van der Waals surface area contributed by atoms with E-state index in [9.17, 15) is 9.59 Å². The van der Waals surface area contributed by atoms with Crippen molar-refractivity contribution in [1.82, 2.24) is 9.88 Å². The van der Waals surface area contributed by atoms with E-state index in [2.05, 4.69) is 5.32 Å². The summed E-state index contributed by atoms with van der Waals surface area (Å²) in [4.78, 5) is 23.4. The first-order chi connectivity index (χ1) is 9.68. The smallest absolute Gasteiger partial charge is 0.250 e. The molecule has 1 amide bonds. The number of pyridine rings is 1. The lowest BCUT2D eigenvalue weighted by atomic mass is 10.2. The van der Waals surface area contributed by atoms with Gasteiger partial charge in [-0.1, -0.05) is 6.07 Å². The lowest BCUT2D eigenvalue weighted by molar-refractivity contribution is -0.130. The van der Waals surface area contributed by atoms with Gasteiger partial charge in [0.05, 0.1) is 0 Å². The van der Waals surface area contributed by atoms with E-state index < -0.39 is 0 Å². The number of carbonyl (C=O) groups is 1. The number of nitrogens with zero attached hydrogens (tertiary/aromatic N) is 1. The van der Waals surface area contributed by atoms with E-state index in [1.165, 1.54) is 0 Å². The molecule has 1 aliphatic heterocycles. The van der Waals surface area contributed by atoms with Crippen LogP contribution in [0.25, 0.3) is 0 Å². The van der Waals surface area contributed by atoms with Crippen molar-refractivity contribution < 1.29 is 9.53 Å². The van der Waals surface area contributed by atoms with Crippen molar-refractivity contribution in [1.29, 1.82) is 0 Å². The van der Waals surface area contributed by atoms with E-state index in [1.807, 2.05) is 13.0 Å². The van der Waals surface area contributed by atoms with Crippen molar-refractivity contribution in [3.63, 3.8) is 0 Å². The molecule has 5 heteroatoms. The number of unbranched alkanes of at least 4 members (excludes halogenated alkanes) is 1. The quantitative estimate of drug-likeness (QED) is 0.796. The highest BCUT2D eigenvalue weighted by Crippen LogP contribution is 2.11. The fourth-order valence-corrected chi connectivity index (χ4v) is 2.41. The molecule has 20 heavy (non-hydrogen) atoms. The highest BCUT2D eigenvalue weighted by atomic mass is 16.5. The van der Waals surface area contributed by atoms with Gasteiger partial charge in [0.2, 0.25) is 5.91 Å². The van der Waals surface area contributed by atoms with Crippen LogP contribution in [0, 0.1) is 6.92 Å². The summed E-state index contributed by atoms with van der Waals surface area (Å²) >= 11 is 0. The molecule has 1 atom stereocenters. The Morgan fingerprint density at radius 1 is 1.45 bits per heavy atom. The Morgan fingerprint density at radius 3 is 3.00 bits per heavy atom. The number of carbonyl (C=O) groups excluding carboxylic acids is 1. The second-order valence-electron chi connectivity index (χ2n) is 5.16. The van der Waals surface area contributed by atoms with E-state index in [1.54, 1.807) is 16.7 Å². The Balaban J connectivity index is 1.66. The molecule has 1 N–H and O–H groups in total. The van der Waals surface area contributed by atoms with E-state index in [4.69, 9.17) is 4.74 Å². The molecular formula is C15H22N2O3. The highest BCUT2D eigenvalue weighted by molar-refractivity contribution is 5.80. The molecule has 1 aliphatic rings. The minimum absolute atomic E-state index is 0.00411. The van der Waals surface area contributed by atoms with Crippen molar-refractivity contribution in [2.24, 2.45) is 0 Å². The first kappa shape index (κ1) is 14.8. The number of aromatic nitrogens is 1. The van der Waals surface area contributed by atoms with Gasteiger partial charge in [-0.15, -0.1) is 0 Å². The normalized spacial score (nSPS) is 18.1. The fraction of sp³-hybridized carbons (Fsp3) is 0.600. The standard InChI is InChI=1S/C15H22N2O3/c1-12-6-4-8-14(18)17(12)10-3-2-9-16-15(19)13-7-5-11-20-13/h4,6,8,13H,2-3,5,7,9-11H2,1H3,(H,16,19). The molecule has 1 aromatic rings. The molecule has 5 nitrogen and oxygen atoms in total. The Hall–Kier alpha value is -1.62. The van der Waals surface area contributed by atoms with E-state index in [0.29, 0.717) is 19.7 Å². The summed E-state index contributed by atoms with van der Waals surface area (Å²) in [5, 5.41) is 2.89. The van der Waals surface area contributed by atoms with Gasteiger partial charge in [0.1, 0.15) is 6.10 Å². The third-order valence-electron chi connectivity index (χ3n) is 3.60. The van der Waals surface area contributed by atoms with Gasteiger partial charge in [-0.3, -0.25) is 9.59 Å². The van der Waals surface area contributed by atoms with Gasteiger partial charge in [-0.2, -0.15) is 0 Å². The van der Waals surface area contributed by atoms with Gasteiger partial charge in [0.25, 0.3) is 5.56 Å². The van der Waals surface area contributed by atoms with Gasteiger partial charge in [0, 0.05) is 31.5 Å². The molecule has 0 spiro atoms. The molecule has 0 saturated carbocycles. The number of amides is 1. The van der Waals surface area contributed by atoms with E-state index in [0.717, 1.165) is 31.4 Å². The first-order valence-electron chi connectivity index (χ1n) is 7.24. The van der Waals surface area contributed by atoms with Gasteiger partial charge >= 0.3 is 0 Å². The number of hydrogen-bond acceptors (Lipinski definition) is 3. The molecule has 0 bridgehead atoms. The van der Waals surface area contributed by atoms with Crippen LogP contribution in [-0.4, -0.2) is 29.7 Å². The highest BCUT2D eigenvalue weighted by Gasteiger charge is 2.22. The average Bonchev–Trinajstić information content (AvgIpc) is 2.95. The van der Waals surface area contributed by atoms with Crippen LogP contribution >= 0.6 is 0 Å². The number of ether oxygens (including phenoxy) is 1. The molecule has 2 heterocycles. The molecule has 1 saturated heterocycles. The predicted octanol–water partition coefficient (Wildman–Crippen LogP) is 1.23. The van der Waals surface area contributed by atoms with Crippen LogP contribution in [0.15, 0.2) is 23.0 Å². The van der Waals surface area contributed by atoms with Crippen molar-refractivity contribution in [2.45, 2.75) is 45.3 Å². The maximum atomic E-state index is 11.7. The third kappa shape index (κ3) is 3.93. The second kappa shape index (κ2) is 7.24. The van der Waals surface area contributed by atoms with Crippen LogP contribution in [0.2, 0.25) is 0 Å². The summed E-state index contributed by atoms with van der Waals surface area (Å²) in [6.45, 7) is 3.95. The van der Waals surface area contributed by atoms with Crippen LogP contribution < -0.4 is 10.9 Å². The molecule has 1 aromatic heterocycles. The Kier molecular flexibility index (Phi) is 5.35. The summed E-state index contributed by atoms with van der Waals surface area (Å²) < 4.78 is 7.08. The molecule has 1 unspecified atom stereocenters. The van der Waals surface area contributed by atoms with Crippen LogP contribution in [0.4, 0.5) is 0 Å². The number of rotatable bonds is 6. The summed E-state index contributed by atoms with van der Waals surface area (Å²) in [6.07, 6.45) is 3.27. The monoisotopic (exact) mass is 278 g/mol. The Bertz CT molecular complexity index is 504. The summed E-state index contributed by atoms with van der Waals surface area (Å²) in [7, 11) is 0. The SMILES string of the molecule is Cc1cccc(=O)n1CCCCNC(=O)C1CCCO1. The molecule has 0 aliphatic carbocycles. The lowest BCUT2D eigenvalue weighted by Crippen LogP contribution is -2.34. The van der Waals surface area contributed by atoms with Crippen molar-refractivity contribution in [3.05, 3.63) is 34.2 Å². The second-order valence-corrected chi connectivity index (χ2v) is 5.16. The van der Waals surface area contributed by atoms with Crippen molar-refractivity contribution >= 4 is 5.91 Å². The maximum absolute atomic E-state index is 11.7. The van der Waals surface area contributed by atoms with Crippen LogP contribution in [0.3, 0.4) is 0 Å². The third-order valence-corrected chi connectivity index (χ3v) is 3.60. The van der Waals surface area contributed by atoms with Gasteiger partial charge in [0.15, 0.2) is 0 Å². The first-order valence-corrected chi connectivity index (χ1v) is 7.24. The Morgan fingerprint density at radius 2 is 2.30 bits per heavy atom. The molecule has 2 rings (SSSR count). The lowest BCUT2D eigenvalue weighted by Gasteiger charge is -2.11. The number of hydrogen-bond donors (Lipinski definition) is 1. The molecule has 0 radical (unpaired) electrons. The summed E-state index contributed by atoms with van der Waals surface area (Å²) in [5.41, 5.74) is 1.01. The van der Waals surface area contributed by atoms with Crippen molar-refractivity contribution in [2.75, 3.05) is 13.2 Å². The van der Waals surface area contributed by atoms with Crippen LogP contribution in [0.1, 0.15) is 31.4 Å². The van der Waals surface area contributed by atoms with E-state index in [-0.39, 0.29) is 17.6 Å². The predicted molar refractivity (Wildman–Crippen MR) is 76.7 cm³/mol. The van der Waals surface area contributed by atoms with Gasteiger partial charge < -0.3 is 14.6 Å². The summed E-state index contributed by atoms with van der Waals surface area (Å²) in [6, 6.07) is 5.28. The van der Waals surface area contributed by atoms with Crippen LogP contribution in [0.5, 0.6) is 0 Å². The topological polar surface area (TPSA) is 60.3 Å². The summed E-state index contributed by atoms with van der Waals surface area (Å²) in [5.74, 6) is -0.00411. The zero-order chi connectivity index (χ0) is 14.4. The minimum atomic E-state index is -0.256. The molecule has 1 fully saturated rings. The molecular weight excluding hydrogens is 256 g/mol. The number of aryl methyl sites for hydroxylation is 1. The van der Waals surface area contributed by atoms with Crippen LogP contribution in [-0.2, 0) is 16.1 Å². The number of nitrogens with one attached hydrogen (secondary N) is 1. The molecule has 110 valence electrons. The van der Waals surface area contributed by atoms with E-state index >= 15 is 0 Å².